The van der Waals surface area contributed by atoms with E-state index in [0.29, 0.717) is 6.29 Å². The first-order valence-corrected chi connectivity index (χ1v) is 5.77. The van der Waals surface area contributed by atoms with Crippen molar-refractivity contribution in [1.29, 1.82) is 0 Å². The van der Waals surface area contributed by atoms with Crippen molar-refractivity contribution in [2.24, 2.45) is 0 Å². The molecule has 12 heavy (non-hydrogen) atoms. The standard InChI is InChI=1S/C7H18NO3P/c1-5-8(6-2)7-12(9,10-3)11-4/h5-7H2,1-4H3. The van der Waals surface area contributed by atoms with E-state index in [9.17, 15) is 4.57 Å². The van der Waals surface area contributed by atoms with E-state index >= 15 is 0 Å². The lowest BCUT2D eigenvalue weighted by Gasteiger charge is -2.22. The first-order chi connectivity index (χ1) is 5.61. The van der Waals surface area contributed by atoms with Crippen LogP contribution in [0.25, 0.3) is 0 Å². The molecule has 0 aliphatic heterocycles. The number of hydrogen-bond donors (Lipinski definition) is 0. The highest BCUT2D eigenvalue weighted by Crippen LogP contribution is 2.46. The first kappa shape index (κ1) is 12.1. The minimum atomic E-state index is -2.84. The Morgan fingerprint density at radius 1 is 1.17 bits per heavy atom. The van der Waals surface area contributed by atoms with Crippen LogP contribution in [0.2, 0.25) is 0 Å². The maximum absolute atomic E-state index is 11.6. The Morgan fingerprint density at radius 2 is 1.58 bits per heavy atom. The molecule has 0 fully saturated rings. The van der Waals surface area contributed by atoms with Crippen LogP contribution in [0.3, 0.4) is 0 Å². The molecule has 0 amide bonds. The lowest BCUT2D eigenvalue weighted by molar-refractivity contribution is 0.242. The molecule has 0 spiro atoms. The lowest BCUT2D eigenvalue weighted by Crippen LogP contribution is -2.24. The zero-order chi connectivity index (χ0) is 9.61. The van der Waals surface area contributed by atoms with Crippen molar-refractivity contribution in [3.8, 4) is 0 Å². The third kappa shape index (κ3) is 3.68. The summed E-state index contributed by atoms with van der Waals surface area (Å²) >= 11 is 0. The van der Waals surface area contributed by atoms with E-state index in [1.165, 1.54) is 14.2 Å². The van der Waals surface area contributed by atoms with Gasteiger partial charge in [-0.2, -0.15) is 0 Å². The van der Waals surface area contributed by atoms with Crippen LogP contribution in [0.5, 0.6) is 0 Å². The van der Waals surface area contributed by atoms with Crippen molar-refractivity contribution in [3.63, 3.8) is 0 Å². The molecule has 0 radical (unpaired) electrons. The minimum absolute atomic E-state index is 0.368. The molecule has 0 heterocycles. The van der Waals surface area contributed by atoms with Gasteiger partial charge in [0.2, 0.25) is 0 Å². The monoisotopic (exact) mass is 195 g/mol. The maximum atomic E-state index is 11.6. The summed E-state index contributed by atoms with van der Waals surface area (Å²) in [6.45, 7) is 5.73. The molecule has 0 aromatic heterocycles. The van der Waals surface area contributed by atoms with Crippen LogP contribution in [0, 0.1) is 0 Å². The molecule has 0 aromatic carbocycles. The van der Waals surface area contributed by atoms with Crippen molar-refractivity contribution >= 4 is 7.60 Å². The van der Waals surface area contributed by atoms with Gasteiger partial charge in [-0.25, -0.2) is 0 Å². The lowest BCUT2D eigenvalue weighted by atomic mass is 10.6. The smallest absolute Gasteiger partial charge is 0.311 e. The van der Waals surface area contributed by atoms with Gasteiger partial charge in [0.05, 0.1) is 0 Å². The van der Waals surface area contributed by atoms with Gasteiger partial charge in [0, 0.05) is 14.2 Å². The topological polar surface area (TPSA) is 38.8 Å². The molecule has 0 atom stereocenters. The SMILES string of the molecule is CCN(CC)CP(=O)(OC)OC. The van der Waals surface area contributed by atoms with Gasteiger partial charge >= 0.3 is 7.60 Å². The van der Waals surface area contributed by atoms with Gasteiger partial charge in [-0.15, -0.1) is 0 Å². The molecule has 0 saturated heterocycles. The number of rotatable bonds is 6. The summed E-state index contributed by atoms with van der Waals surface area (Å²) in [5, 5.41) is 0. The Hall–Kier alpha value is 0.110. The Kier molecular flexibility index (Phi) is 5.76. The summed E-state index contributed by atoms with van der Waals surface area (Å²) in [5.41, 5.74) is 0. The Bertz CT molecular complexity index is 151. The molecule has 5 heteroatoms. The second kappa shape index (κ2) is 5.70. The fourth-order valence-corrected chi connectivity index (χ4v) is 2.13. The fourth-order valence-electron chi connectivity index (χ4n) is 0.859. The number of nitrogens with zero attached hydrogens (tertiary/aromatic N) is 1. The molecular formula is C7H18NO3P. The van der Waals surface area contributed by atoms with Gasteiger partial charge < -0.3 is 9.05 Å². The van der Waals surface area contributed by atoms with E-state index in [2.05, 4.69) is 0 Å². The third-order valence-electron chi connectivity index (χ3n) is 1.82. The molecule has 0 bridgehead atoms. The predicted octanol–water partition coefficient (Wildman–Crippen LogP) is 1.77. The summed E-state index contributed by atoms with van der Waals surface area (Å²) in [6.07, 6.45) is 0.368. The van der Waals surface area contributed by atoms with Gasteiger partial charge in [-0.05, 0) is 13.1 Å². The Labute approximate surface area is 74.4 Å². The fraction of sp³-hybridized carbons (Fsp3) is 1.00. The van der Waals surface area contributed by atoms with Gasteiger partial charge in [-0.1, -0.05) is 13.8 Å². The van der Waals surface area contributed by atoms with E-state index in [0.717, 1.165) is 13.1 Å². The second-order valence-corrected chi connectivity index (χ2v) is 4.66. The van der Waals surface area contributed by atoms with Crippen molar-refractivity contribution in [1.82, 2.24) is 4.90 Å². The highest BCUT2D eigenvalue weighted by atomic mass is 31.2. The van der Waals surface area contributed by atoms with Gasteiger partial charge in [-0.3, -0.25) is 9.46 Å². The molecule has 0 aromatic rings. The Morgan fingerprint density at radius 3 is 1.83 bits per heavy atom. The summed E-state index contributed by atoms with van der Waals surface area (Å²) < 4.78 is 21.2. The van der Waals surface area contributed by atoms with E-state index < -0.39 is 7.60 Å². The van der Waals surface area contributed by atoms with E-state index in [1.807, 2.05) is 18.7 Å². The maximum Gasteiger partial charge on any atom is 0.344 e. The highest BCUT2D eigenvalue weighted by molar-refractivity contribution is 7.53. The second-order valence-electron chi connectivity index (χ2n) is 2.42. The molecule has 0 saturated carbocycles. The predicted molar refractivity (Wildman–Crippen MR) is 49.4 cm³/mol. The largest absolute Gasteiger partial charge is 0.344 e. The van der Waals surface area contributed by atoms with Gasteiger partial charge in [0.15, 0.2) is 0 Å². The van der Waals surface area contributed by atoms with E-state index in [-0.39, 0.29) is 0 Å². The van der Waals surface area contributed by atoms with Crippen molar-refractivity contribution in [2.75, 3.05) is 33.6 Å². The normalized spacial score (nSPS) is 12.4. The summed E-state index contributed by atoms with van der Waals surface area (Å²) in [5.74, 6) is 0. The molecule has 0 aliphatic rings. The molecule has 4 nitrogen and oxygen atoms in total. The van der Waals surface area contributed by atoms with Crippen LogP contribution in [0.1, 0.15) is 13.8 Å². The van der Waals surface area contributed by atoms with Gasteiger partial charge in [0.1, 0.15) is 6.29 Å². The van der Waals surface area contributed by atoms with Crippen molar-refractivity contribution < 1.29 is 13.6 Å². The van der Waals surface area contributed by atoms with Crippen LogP contribution < -0.4 is 0 Å². The molecular weight excluding hydrogens is 177 g/mol. The average Bonchev–Trinajstić information content (AvgIpc) is 2.14. The van der Waals surface area contributed by atoms with Crippen molar-refractivity contribution in [3.05, 3.63) is 0 Å². The molecule has 0 rings (SSSR count). The average molecular weight is 195 g/mol. The summed E-state index contributed by atoms with van der Waals surface area (Å²) in [7, 11) is -0.0234. The first-order valence-electron chi connectivity index (χ1n) is 4.04. The summed E-state index contributed by atoms with van der Waals surface area (Å²) in [6, 6.07) is 0. The molecule has 0 N–H and O–H groups in total. The van der Waals surface area contributed by atoms with E-state index in [4.69, 9.17) is 9.05 Å². The quantitative estimate of drug-likeness (QED) is 0.605. The van der Waals surface area contributed by atoms with Crippen molar-refractivity contribution in [2.45, 2.75) is 13.8 Å². The van der Waals surface area contributed by atoms with Crippen LogP contribution in [0.15, 0.2) is 0 Å². The number of hydrogen-bond acceptors (Lipinski definition) is 4. The minimum Gasteiger partial charge on any atom is -0.311 e. The van der Waals surface area contributed by atoms with Crippen LogP contribution in [-0.2, 0) is 13.6 Å². The molecule has 0 unspecified atom stereocenters. The third-order valence-corrected chi connectivity index (χ3v) is 3.68. The molecule has 74 valence electrons. The van der Waals surface area contributed by atoms with E-state index in [1.54, 1.807) is 0 Å². The zero-order valence-corrected chi connectivity index (χ0v) is 9.13. The van der Waals surface area contributed by atoms with Crippen LogP contribution >= 0.6 is 7.60 Å². The Balaban J connectivity index is 4.09. The van der Waals surface area contributed by atoms with Gasteiger partial charge in [0.25, 0.3) is 0 Å². The van der Waals surface area contributed by atoms with Crippen LogP contribution in [-0.4, -0.2) is 38.5 Å². The van der Waals surface area contributed by atoms with Crippen LogP contribution in [0.4, 0.5) is 0 Å². The highest BCUT2D eigenvalue weighted by Gasteiger charge is 2.23. The summed E-state index contributed by atoms with van der Waals surface area (Å²) in [4.78, 5) is 2.01. The molecule has 0 aliphatic carbocycles. The zero-order valence-electron chi connectivity index (χ0n) is 8.24.